The van der Waals surface area contributed by atoms with E-state index < -0.39 is 18.0 Å². The molecule has 0 unspecified atom stereocenters. The summed E-state index contributed by atoms with van der Waals surface area (Å²) in [4.78, 5) is 43.2. The van der Waals surface area contributed by atoms with E-state index in [0.717, 1.165) is 11.3 Å². The van der Waals surface area contributed by atoms with Crippen LogP contribution in [0.3, 0.4) is 0 Å². The molecule has 1 aliphatic heterocycles. The van der Waals surface area contributed by atoms with Gasteiger partial charge in [-0.05, 0) is 56.3 Å². The molecule has 0 saturated heterocycles. The lowest BCUT2D eigenvalue weighted by molar-refractivity contribution is -0.139. The number of thiazole rings is 1. The molecule has 210 valence electrons. The molecular formula is C30H26N2O8S. The van der Waals surface area contributed by atoms with E-state index in [1.807, 2.05) is 0 Å². The molecule has 2 aromatic carbocycles. The summed E-state index contributed by atoms with van der Waals surface area (Å²) < 4.78 is 24.2. The van der Waals surface area contributed by atoms with E-state index in [0.29, 0.717) is 49.2 Å². The lowest BCUT2D eigenvalue weighted by Gasteiger charge is -2.26. The first kappa shape index (κ1) is 27.7. The van der Waals surface area contributed by atoms with Gasteiger partial charge in [0.2, 0.25) is 0 Å². The number of methoxy groups -OCH3 is 2. The van der Waals surface area contributed by atoms with Crippen LogP contribution in [-0.4, -0.2) is 42.4 Å². The molecule has 0 spiro atoms. The summed E-state index contributed by atoms with van der Waals surface area (Å²) >= 11 is 1.16. The van der Waals surface area contributed by atoms with Gasteiger partial charge < -0.3 is 23.7 Å². The molecule has 0 fully saturated rings. The number of carbonyl (C=O) groups is 2. The predicted octanol–water partition coefficient (Wildman–Crippen LogP) is 3.77. The van der Waals surface area contributed by atoms with E-state index >= 15 is 0 Å². The van der Waals surface area contributed by atoms with Gasteiger partial charge in [-0.25, -0.2) is 14.6 Å². The number of furan rings is 1. The molecule has 0 bridgehead atoms. The van der Waals surface area contributed by atoms with Crippen molar-refractivity contribution in [3.05, 3.63) is 102 Å². The fraction of sp³-hybridized carbons (Fsp3) is 0.200. The van der Waals surface area contributed by atoms with Crippen LogP contribution in [0.4, 0.5) is 0 Å². The van der Waals surface area contributed by atoms with Crippen LogP contribution in [0.5, 0.6) is 11.5 Å². The zero-order chi connectivity index (χ0) is 29.3. The summed E-state index contributed by atoms with van der Waals surface area (Å²) in [6.45, 7) is 3.57. The number of hydrogen-bond donors (Lipinski definition) is 1. The smallest absolute Gasteiger partial charge is 0.338 e. The molecule has 0 aliphatic carbocycles. The van der Waals surface area contributed by atoms with Crippen LogP contribution in [0.2, 0.25) is 0 Å². The minimum absolute atomic E-state index is 0.155. The zero-order valence-corrected chi connectivity index (χ0v) is 23.5. The number of allylic oxidation sites excluding steroid dienone is 1. The number of esters is 1. The predicted molar refractivity (Wildman–Crippen MR) is 151 cm³/mol. The zero-order valence-electron chi connectivity index (χ0n) is 22.7. The first-order valence-corrected chi connectivity index (χ1v) is 13.4. The maximum Gasteiger partial charge on any atom is 0.338 e. The number of fused-ring (bicyclic) bond motifs is 1. The Balaban J connectivity index is 1.64. The minimum atomic E-state index is -1.02. The molecule has 1 aliphatic rings. The SMILES string of the molecule is CCOC(=O)C1=C(C)N=c2s/c(=C\c3ccc(-c4ccc(C(=O)O)cc4)o3)c(=O)n2[C@H]1c1cc(OC)ccc1OC. The topological polar surface area (TPSA) is 130 Å². The lowest BCUT2D eigenvalue weighted by atomic mass is 9.95. The van der Waals surface area contributed by atoms with Crippen molar-refractivity contribution in [2.45, 2.75) is 19.9 Å². The Labute approximate surface area is 238 Å². The van der Waals surface area contributed by atoms with Crippen molar-refractivity contribution in [1.82, 2.24) is 4.57 Å². The van der Waals surface area contributed by atoms with Gasteiger partial charge in [-0.2, -0.15) is 0 Å². The molecule has 2 aromatic heterocycles. The molecular weight excluding hydrogens is 548 g/mol. The fourth-order valence-corrected chi connectivity index (χ4v) is 5.66. The molecule has 0 saturated carbocycles. The number of aromatic carboxylic acids is 1. The quantitative estimate of drug-likeness (QED) is 0.315. The second-order valence-corrected chi connectivity index (χ2v) is 10.0. The van der Waals surface area contributed by atoms with Gasteiger partial charge in [0.05, 0.1) is 42.2 Å². The summed E-state index contributed by atoms with van der Waals surface area (Å²) in [5, 5.41) is 9.14. The molecule has 0 radical (unpaired) electrons. The van der Waals surface area contributed by atoms with Crippen molar-refractivity contribution in [2.75, 3.05) is 20.8 Å². The van der Waals surface area contributed by atoms with Crippen LogP contribution in [0.25, 0.3) is 17.4 Å². The Kier molecular flexibility index (Phi) is 7.62. The van der Waals surface area contributed by atoms with Crippen molar-refractivity contribution in [2.24, 2.45) is 4.99 Å². The molecule has 1 N–H and O–H groups in total. The summed E-state index contributed by atoms with van der Waals surface area (Å²) in [7, 11) is 3.04. The van der Waals surface area contributed by atoms with Gasteiger partial charge in [-0.3, -0.25) is 9.36 Å². The van der Waals surface area contributed by atoms with Gasteiger partial charge in [0.25, 0.3) is 5.56 Å². The molecule has 4 aromatic rings. The highest BCUT2D eigenvalue weighted by atomic mass is 32.1. The average Bonchev–Trinajstić information content (AvgIpc) is 3.56. The number of hydrogen-bond acceptors (Lipinski definition) is 9. The lowest BCUT2D eigenvalue weighted by Crippen LogP contribution is -2.40. The van der Waals surface area contributed by atoms with Crippen molar-refractivity contribution in [1.29, 1.82) is 0 Å². The van der Waals surface area contributed by atoms with Crippen molar-refractivity contribution in [3.63, 3.8) is 0 Å². The van der Waals surface area contributed by atoms with Crippen LogP contribution in [0.1, 0.15) is 41.6 Å². The second kappa shape index (κ2) is 11.3. The number of rotatable bonds is 8. The molecule has 11 heteroatoms. The minimum Gasteiger partial charge on any atom is -0.497 e. The standard InChI is InChI=1S/C30H26N2O8S/c1-5-39-29(36)25-16(2)31-30-32(26(25)21-14-19(37-3)10-13-23(21)38-4)27(33)24(41-30)15-20-11-12-22(40-20)17-6-8-18(9-7-17)28(34)35/h6-15,26H,5H2,1-4H3,(H,34,35)/b24-15-/t26-/m0/s1. The summed E-state index contributed by atoms with van der Waals surface area (Å²) in [6.07, 6.45) is 1.61. The van der Waals surface area contributed by atoms with Gasteiger partial charge in [0.15, 0.2) is 4.80 Å². The van der Waals surface area contributed by atoms with E-state index in [9.17, 15) is 14.4 Å². The first-order valence-electron chi connectivity index (χ1n) is 12.6. The molecule has 41 heavy (non-hydrogen) atoms. The van der Waals surface area contributed by atoms with Gasteiger partial charge in [0.1, 0.15) is 29.1 Å². The van der Waals surface area contributed by atoms with E-state index in [1.54, 1.807) is 62.4 Å². The number of nitrogens with zero attached hydrogens (tertiary/aromatic N) is 2. The molecule has 0 amide bonds. The Bertz CT molecular complexity index is 1860. The van der Waals surface area contributed by atoms with E-state index in [4.69, 9.17) is 23.7 Å². The normalized spacial score (nSPS) is 14.8. The number of carboxylic acid groups (broad SMARTS) is 1. The first-order chi connectivity index (χ1) is 19.7. The third kappa shape index (κ3) is 5.19. The van der Waals surface area contributed by atoms with Crippen LogP contribution in [0, 0.1) is 0 Å². The van der Waals surface area contributed by atoms with E-state index in [2.05, 4.69) is 4.99 Å². The third-order valence-electron chi connectivity index (χ3n) is 6.56. The Morgan fingerprint density at radius 1 is 1.10 bits per heavy atom. The Hall–Kier alpha value is -4.90. The number of benzene rings is 2. The van der Waals surface area contributed by atoms with Crippen LogP contribution >= 0.6 is 11.3 Å². The highest BCUT2D eigenvalue weighted by molar-refractivity contribution is 7.07. The summed E-state index contributed by atoms with van der Waals surface area (Å²) in [6, 6.07) is 14.1. The fourth-order valence-electron chi connectivity index (χ4n) is 4.63. The maximum atomic E-state index is 13.9. The van der Waals surface area contributed by atoms with Crippen LogP contribution in [0.15, 0.2) is 80.1 Å². The second-order valence-electron chi connectivity index (χ2n) is 8.99. The van der Waals surface area contributed by atoms with E-state index in [-0.39, 0.29) is 23.3 Å². The molecule has 1 atom stereocenters. The van der Waals surface area contributed by atoms with Gasteiger partial charge in [-0.15, -0.1) is 0 Å². The third-order valence-corrected chi connectivity index (χ3v) is 7.55. The largest absolute Gasteiger partial charge is 0.497 e. The summed E-state index contributed by atoms with van der Waals surface area (Å²) in [5.74, 6) is 0.331. The monoisotopic (exact) mass is 574 g/mol. The number of aromatic nitrogens is 1. The average molecular weight is 575 g/mol. The van der Waals surface area contributed by atoms with Gasteiger partial charge in [-0.1, -0.05) is 23.5 Å². The molecule has 5 rings (SSSR count). The summed E-state index contributed by atoms with van der Waals surface area (Å²) in [5.41, 5.74) is 1.68. The van der Waals surface area contributed by atoms with Crippen molar-refractivity contribution < 1.29 is 33.3 Å². The van der Waals surface area contributed by atoms with Crippen molar-refractivity contribution in [3.8, 4) is 22.8 Å². The van der Waals surface area contributed by atoms with Gasteiger partial charge >= 0.3 is 11.9 Å². The van der Waals surface area contributed by atoms with Crippen LogP contribution in [-0.2, 0) is 9.53 Å². The molecule has 10 nitrogen and oxygen atoms in total. The highest BCUT2D eigenvalue weighted by Gasteiger charge is 2.35. The number of ether oxygens (including phenoxy) is 3. The maximum absolute atomic E-state index is 13.9. The highest BCUT2D eigenvalue weighted by Crippen LogP contribution is 2.37. The van der Waals surface area contributed by atoms with E-state index in [1.165, 1.54) is 30.9 Å². The molecule has 3 heterocycles. The number of carbonyl (C=O) groups excluding carboxylic acids is 1. The number of carboxylic acids is 1. The Morgan fingerprint density at radius 3 is 2.51 bits per heavy atom. The van der Waals surface area contributed by atoms with Gasteiger partial charge in [0, 0.05) is 17.2 Å². The van der Waals surface area contributed by atoms with Crippen LogP contribution < -0.4 is 24.4 Å². The Morgan fingerprint density at radius 2 is 1.85 bits per heavy atom. The van der Waals surface area contributed by atoms with Crippen molar-refractivity contribution >= 4 is 29.4 Å².